The van der Waals surface area contributed by atoms with Crippen molar-refractivity contribution in [3.63, 3.8) is 0 Å². The molecule has 0 radical (unpaired) electrons. The quantitative estimate of drug-likeness (QED) is 0.629. The first-order valence-corrected chi connectivity index (χ1v) is 7.76. The molecule has 0 unspecified atom stereocenters. The number of benzene rings is 1. The molecule has 0 atom stereocenters. The molecule has 1 aliphatic carbocycles. The van der Waals surface area contributed by atoms with Gasteiger partial charge in [-0.1, -0.05) is 28.8 Å². The van der Waals surface area contributed by atoms with E-state index >= 15 is 0 Å². The summed E-state index contributed by atoms with van der Waals surface area (Å²) in [5.74, 6) is 1.61. The Morgan fingerprint density at radius 2 is 1.89 bits per heavy atom. The van der Waals surface area contributed by atoms with Crippen LogP contribution in [0.15, 0.2) is 28.7 Å². The topological polar surface area (TPSA) is 21.3 Å². The molecule has 4 heteroatoms. The van der Waals surface area contributed by atoms with Crippen LogP contribution < -0.4 is 10.1 Å². The van der Waals surface area contributed by atoms with E-state index in [1.54, 1.807) is 0 Å². The first-order chi connectivity index (χ1) is 8.74. The van der Waals surface area contributed by atoms with Crippen LogP contribution in [0.3, 0.4) is 0 Å². The summed E-state index contributed by atoms with van der Waals surface area (Å²) in [7, 11) is 0. The van der Waals surface area contributed by atoms with Gasteiger partial charge < -0.3 is 10.1 Å². The Balaban J connectivity index is 1.71. The van der Waals surface area contributed by atoms with Crippen LogP contribution >= 0.6 is 27.5 Å². The predicted octanol–water partition coefficient (Wildman–Crippen LogP) is 3.97. The van der Waals surface area contributed by atoms with E-state index in [1.807, 2.05) is 24.3 Å². The van der Waals surface area contributed by atoms with Crippen LogP contribution in [-0.4, -0.2) is 24.6 Å². The molecular formula is C14H19BrClNO. The molecule has 0 amide bonds. The monoisotopic (exact) mass is 331 g/mol. The van der Waals surface area contributed by atoms with Gasteiger partial charge in [0.2, 0.25) is 0 Å². The highest BCUT2D eigenvalue weighted by molar-refractivity contribution is 9.10. The molecule has 18 heavy (non-hydrogen) atoms. The Morgan fingerprint density at radius 3 is 2.50 bits per heavy atom. The van der Waals surface area contributed by atoms with Gasteiger partial charge in [-0.3, -0.25) is 0 Å². The minimum absolute atomic E-state index is 0.157. The van der Waals surface area contributed by atoms with Crippen molar-refractivity contribution >= 4 is 27.5 Å². The van der Waals surface area contributed by atoms with Crippen molar-refractivity contribution < 1.29 is 4.74 Å². The average molecular weight is 333 g/mol. The van der Waals surface area contributed by atoms with Crippen molar-refractivity contribution in [1.82, 2.24) is 5.32 Å². The van der Waals surface area contributed by atoms with Crippen LogP contribution in [0.4, 0.5) is 0 Å². The van der Waals surface area contributed by atoms with Gasteiger partial charge in [0.1, 0.15) is 12.4 Å². The van der Waals surface area contributed by atoms with E-state index in [0.29, 0.717) is 12.5 Å². The number of hydrogen-bond donors (Lipinski definition) is 1. The number of ether oxygens (including phenoxy) is 1. The summed E-state index contributed by atoms with van der Waals surface area (Å²) < 4.78 is 6.75. The van der Waals surface area contributed by atoms with Crippen molar-refractivity contribution in [3.8, 4) is 5.75 Å². The third-order valence-electron chi connectivity index (χ3n) is 3.50. The fourth-order valence-electron chi connectivity index (χ4n) is 2.43. The molecule has 0 aliphatic heterocycles. The molecule has 0 saturated heterocycles. The standard InChI is InChI=1S/C14H19BrClNO/c15-12-3-5-13(6-4-12)18-10-9-17-14(11-16)7-1-2-8-14/h3-6,17H,1-2,7-11H2. The smallest absolute Gasteiger partial charge is 0.119 e. The summed E-state index contributed by atoms with van der Waals surface area (Å²) in [6, 6.07) is 7.91. The van der Waals surface area contributed by atoms with Crippen molar-refractivity contribution in [3.05, 3.63) is 28.7 Å². The molecule has 2 rings (SSSR count). The lowest BCUT2D eigenvalue weighted by atomic mass is 10.0. The Bertz CT molecular complexity index is 363. The number of rotatable bonds is 6. The van der Waals surface area contributed by atoms with Gasteiger partial charge in [-0.25, -0.2) is 0 Å². The van der Waals surface area contributed by atoms with Gasteiger partial charge in [0.25, 0.3) is 0 Å². The lowest BCUT2D eigenvalue weighted by Gasteiger charge is -2.27. The molecule has 0 heterocycles. The SMILES string of the molecule is ClCC1(NCCOc2ccc(Br)cc2)CCCC1. The Kier molecular flexibility index (Phi) is 5.34. The molecule has 0 spiro atoms. The van der Waals surface area contributed by atoms with E-state index in [0.717, 1.165) is 16.8 Å². The highest BCUT2D eigenvalue weighted by Crippen LogP contribution is 2.30. The van der Waals surface area contributed by atoms with Crippen molar-refractivity contribution in [2.45, 2.75) is 31.2 Å². The lowest BCUT2D eigenvalue weighted by Crippen LogP contribution is -2.46. The minimum atomic E-state index is 0.157. The van der Waals surface area contributed by atoms with Crippen LogP contribution in [0.2, 0.25) is 0 Å². The molecule has 1 aromatic carbocycles. The van der Waals surface area contributed by atoms with E-state index in [-0.39, 0.29) is 5.54 Å². The largest absolute Gasteiger partial charge is 0.492 e. The van der Waals surface area contributed by atoms with E-state index in [1.165, 1.54) is 25.7 Å². The fourth-order valence-corrected chi connectivity index (χ4v) is 3.05. The number of alkyl halides is 1. The summed E-state index contributed by atoms with van der Waals surface area (Å²) in [4.78, 5) is 0. The van der Waals surface area contributed by atoms with Crippen molar-refractivity contribution in [1.29, 1.82) is 0 Å². The second-order valence-corrected chi connectivity index (χ2v) is 6.03. The van der Waals surface area contributed by atoms with Gasteiger partial charge in [0.05, 0.1) is 0 Å². The highest BCUT2D eigenvalue weighted by atomic mass is 79.9. The number of halogens is 2. The second-order valence-electron chi connectivity index (χ2n) is 4.85. The zero-order chi connectivity index (χ0) is 12.8. The predicted molar refractivity (Wildman–Crippen MR) is 79.6 cm³/mol. The summed E-state index contributed by atoms with van der Waals surface area (Å²) in [6.07, 6.45) is 4.95. The van der Waals surface area contributed by atoms with Crippen LogP contribution in [0.25, 0.3) is 0 Å². The molecule has 1 N–H and O–H groups in total. The summed E-state index contributed by atoms with van der Waals surface area (Å²) >= 11 is 9.48. The maximum absolute atomic E-state index is 6.07. The molecule has 0 aromatic heterocycles. The zero-order valence-corrected chi connectivity index (χ0v) is 12.8. The Morgan fingerprint density at radius 1 is 1.22 bits per heavy atom. The van der Waals surface area contributed by atoms with Crippen LogP contribution in [0, 0.1) is 0 Å². The zero-order valence-electron chi connectivity index (χ0n) is 10.4. The second kappa shape index (κ2) is 6.78. The van der Waals surface area contributed by atoms with Crippen LogP contribution in [-0.2, 0) is 0 Å². The van der Waals surface area contributed by atoms with Gasteiger partial charge in [-0.15, -0.1) is 11.6 Å². The molecule has 100 valence electrons. The van der Waals surface area contributed by atoms with Gasteiger partial charge in [-0.2, -0.15) is 0 Å². The van der Waals surface area contributed by atoms with Crippen LogP contribution in [0.1, 0.15) is 25.7 Å². The fraction of sp³-hybridized carbons (Fsp3) is 0.571. The lowest BCUT2D eigenvalue weighted by molar-refractivity contribution is 0.279. The van der Waals surface area contributed by atoms with Gasteiger partial charge in [-0.05, 0) is 37.1 Å². The van der Waals surface area contributed by atoms with E-state index < -0.39 is 0 Å². The van der Waals surface area contributed by atoms with E-state index in [2.05, 4.69) is 21.2 Å². The maximum atomic E-state index is 6.07. The van der Waals surface area contributed by atoms with Crippen molar-refractivity contribution in [2.75, 3.05) is 19.0 Å². The summed E-state index contributed by atoms with van der Waals surface area (Å²) in [5.41, 5.74) is 0.157. The number of nitrogens with one attached hydrogen (secondary N) is 1. The Hall–Kier alpha value is -0.250. The Labute approximate surface area is 122 Å². The molecular weight excluding hydrogens is 314 g/mol. The third-order valence-corrected chi connectivity index (χ3v) is 4.54. The van der Waals surface area contributed by atoms with Crippen molar-refractivity contribution in [2.24, 2.45) is 0 Å². The normalized spacial score (nSPS) is 17.9. The van der Waals surface area contributed by atoms with E-state index in [9.17, 15) is 0 Å². The minimum Gasteiger partial charge on any atom is -0.492 e. The summed E-state index contributed by atoms with van der Waals surface area (Å²) in [5, 5.41) is 3.56. The molecule has 2 nitrogen and oxygen atoms in total. The first-order valence-electron chi connectivity index (χ1n) is 6.43. The molecule has 0 bridgehead atoms. The molecule has 1 aromatic rings. The molecule has 1 saturated carbocycles. The highest BCUT2D eigenvalue weighted by Gasteiger charge is 2.31. The number of hydrogen-bond acceptors (Lipinski definition) is 2. The maximum Gasteiger partial charge on any atom is 0.119 e. The average Bonchev–Trinajstić information content (AvgIpc) is 2.86. The third kappa shape index (κ3) is 3.87. The van der Waals surface area contributed by atoms with E-state index in [4.69, 9.17) is 16.3 Å². The first kappa shape index (κ1) is 14.2. The van der Waals surface area contributed by atoms with Gasteiger partial charge in [0, 0.05) is 22.4 Å². The molecule has 1 fully saturated rings. The summed E-state index contributed by atoms with van der Waals surface area (Å²) in [6.45, 7) is 1.53. The van der Waals surface area contributed by atoms with Crippen LogP contribution in [0.5, 0.6) is 5.75 Å². The van der Waals surface area contributed by atoms with Gasteiger partial charge in [0.15, 0.2) is 0 Å². The van der Waals surface area contributed by atoms with Gasteiger partial charge >= 0.3 is 0 Å². The molecule has 1 aliphatic rings.